The standard InChI is InChI=1S/C24H27N3O4S/c1-15-9-16(2)14-27(13-15)22-8-3-17(12-25)10-21(22)26-32(30,31)23-11-19(24(28)29)6-7-20(23)18-4-5-18/h3,6-8,10-11,15-16,18,26H,4-5,9,13-14H2,1-2H3,(H,28,29). The Bertz CT molecular complexity index is 1190. The molecule has 8 heteroatoms. The van der Waals surface area contributed by atoms with Gasteiger partial charge < -0.3 is 10.0 Å². The molecule has 32 heavy (non-hydrogen) atoms. The molecule has 0 amide bonds. The van der Waals surface area contributed by atoms with Crippen LogP contribution in [0.25, 0.3) is 0 Å². The van der Waals surface area contributed by atoms with E-state index in [0.717, 1.165) is 38.0 Å². The number of anilines is 2. The molecule has 1 aliphatic heterocycles. The average Bonchev–Trinajstić information content (AvgIpc) is 3.57. The van der Waals surface area contributed by atoms with Gasteiger partial charge in [0.2, 0.25) is 0 Å². The smallest absolute Gasteiger partial charge is 0.335 e. The summed E-state index contributed by atoms with van der Waals surface area (Å²) in [7, 11) is -4.07. The highest BCUT2D eigenvalue weighted by Crippen LogP contribution is 2.44. The molecular weight excluding hydrogens is 426 g/mol. The summed E-state index contributed by atoms with van der Waals surface area (Å²) >= 11 is 0. The van der Waals surface area contributed by atoms with Crippen LogP contribution in [0.4, 0.5) is 11.4 Å². The molecule has 2 aromatic rings. The third kappa shape index (κ3) is 4.58. The number of hydrogen-bond donors (Lipinski definition) is 2. The molecule has 2 aliphatic rings. The van der Waals surface area contributed by atoms with Crippen molar-refractivity contribution in [3.63, 3.8) is 0 Å². The van der Waals surface area contributed by atoms with Gasteiger partial charge >= 0.3 is 5.97 Å². The van der Waals surface area contributed by atoms with E-state index in [2.05, 4.69) is 29.5 Å². The summed E-state index contributed by atoms with van der Waals surface area (Å²) in [6.07, 6.45) is 2.88. The van der Waals surface area contributed by atoms with E-state index < -0.39 is 16.0 Å². The predicted octanol–water partition coefficient (Wildman–Crippen LogP) is 4.42. The first-order valence-electron chi connectivity index (χ1n) is 10.9. The van der Waals surface area contributed by atoms with Gasteiger partial charge in [-0.2, -0.15) is 5.26 Å². The Balaban J connectivity index is 1.76. The van der Waals surface area contributed by atoms with Gasteiger partial charge in [-0.1, -0.05) is 19.9 Å². The number of carboxylic acid groups (broad SMARTS) is 1. The van der Waals surface area contributed by atoms with Gasteiger partial charge in [0.1, 0.15) is 0 Å². The zero-order chi connectivity index (χ0) is 23.0. The van der Waals surface area contributed by atoms with Gasteiger partial charge in [0, 0.05) is 13.1 Å². The molecule has 2 atom stereocenters. The first-order chi connectivity index (χ1) is 15.2. The SMILES string of the molecule is CC1CC(C)CN(c2ccc(C#N)cc2NS(=O)(=O)c2cc(C(=O)O)ccc2C2CC2)C1. The van der Waals surface area contributed by atoms with Crippen LogP contribution in [0.5, 0.6) is 0 Å². The number of carboxylic acids is 1. The fraction of sp³-hybridized carbons (Fsp3) is 0.417. The normalized spacial score (nSPS) is 21.1. The molecular formula is C24H27N3O4S. The second-order valence-electron chi connectivity index (χ2n) is 9.13. The Hall–Kier alpha value is -3.05. The highest BCUT2D eigenvalue weighted by atomic mass is 32.2. The van der Waals surface area contributed by atoms with E-state index in [0.29, 0.717) is 28.7 Å². The Morgan fingerprint density at radius 3 is 2.41 bits per heavy atom. The van der Waals surface area contributed by atoms with Gasteiger partial charge in [-0.05, 0) is 72.9 Å². The summed E-state index contributed by atoms with van der Waals surface area (Å²) in [5.74, 6) is -0.120. The van der Waals surface area contributed by atoms with Crippen molar-refractivity contribution in [2.75, 3.05) is 22.7 Å². The molecule has 2 aromatic carbocycles. The van der Waals surface area contributed by atoms with Crippen molar-refractivity contribution in [2.24, 2.45) is 11.8 Å². The highest BCUT2D eigenvalue weighted by Gasteiger charge is 2.32. The summed E-state index contributed by atoms with van der Waals surface area (Å²) in [4.78, 5) is 13.6. The van der Waals surface area contributed by atoms with Crippen molar-refractivity contribution in [3.05, 3.63) is 53.1 Å². The Kier molecular flexibility index (Phi) is 5.87. The van der Waals surface area contributed by atoms with Gasteiger partial charge in [-0.3, -0.25) is 4.72 Å². The number of nitrogens with one attached hydrogen (secondary N) is 1. The van der Waals surface area contributed by atoms with Crippen LogP contribution in [-0.2, 0) is 10.0 Å². The minimum atomic E-state index is -4.07. The van der Waals surface area contributed by atoms with Crippen LogP contribution in [0.2, 0.25) is 0 Å². The zero-order valence-corrected chi connectivity index (χ0v) is 19.0. The number of nitriles is 1. The summed E-state index contributed by atoms with van der Waals surface area (Å²) in [6, 6.07) is 11.4. The largest absolute Gasteiger partial charge is 0.478 e. The quantitative estimate of drug-likeness (QED) is 0.670. The maximum absolute atomic E-state index is 13.5. The summed E-state index contributed by atoms with van der Waals surface area (Å²) in [5, 5.41) is 18.8. The van der Waals surface area contributed by atoms with E-state index in [1.165, 1.54) is 12.1 Å². The molecule has 1 saturated heterocycles. The zero-order valence-electron chi connectivity index (χ0n) is 18.2. The average molecular weight is 454 g/mol. The number of aromatic carboxylic acids is 1. The third-order valence-corrected chi connectivity index (χ3v) is 7.57. The van der Waals surface area contributed by atoms with E-state index in [1.807, 2.05) is 0 Å². The molecule has 2 N–H and O–H groups in total. The molecule has 7 nitrogen and oxygen atoms in total. The molecule has 0 bridgehead atoms. The lowest BCUT2D eigenvalue weighted by atomic mass is 9.91. The van der Waals surface area contributed by atoms with E-state index in [9.17, 15) is 23.6 Å². The summed E-state index contributed by atoms with van der Waals surface area (Å²) in [5.41, 5.74) is 1.99. The Morgan fingerprint density at radius 2 is 1.81 bits per heavy atom. The van der Waals surface area contributed by atoms with Crippen molar-refractivity contribution < 1.29 is 18.3 Å². The molecule has 0 radical (unpaired) electrons. The van der Waals surface area contributed by atoms with Crippen molar-refractivity contribution >= 4 is 27.4 Å². The van der Waals surface area contributed by atoms with Crippen LogP contribution in [0.1, 0.15) is 60.5 Å². The first kappa shape index (κ1) is 22.2. The van der Waals surface area contributed by atoms with Gasteiger partial charge in [-0.15, -0.1) is 0 Å². The molecule has 1 heterocycles. The fourth-order valence-corrected chi connectivity index (χ4v) is 6.04. The number of sulfonamides is 1. The van der Waals surface area contributed by atoms with Crippen LogP contribution < -0.4 is 9.62 Å². The molecule has 1 aliphatic carbocycles. The lowest BCUT2D eigenvalue weighted by Crippen LogP contribution is -2.39. The lowest BCUT2D eigenvalue weighted by Gasteiger charge is -2.37. The van der Waals surface area contributed by atoms with Crippen LogP contribution >= 0.6 is 0 Å². The van der Waals surface area contributed by atoms with Gasteiger partial charge in [-0.25, -0.2) is 13.2 Å². The number of piperidine rings is 1. The minimum absolute atomic E-state index is 0.00593. The van der Waals surface area contributed by atoms with Gasteiger partial charge in [0.25, 0.3) is 10.0 Å². The molecule has 168 valence electrons. The fourth-order valence-electron chi connectivity index (χ4n) is 4.65. The monoisotopic (exact) mass is 453 g/mol. The number of rotatable bonds is 6. The van der Waals surface area contributed by atoms with Crippen molar-refractivity contribution in [1.82, 2.24) is 0 Å². The van der Waals surface area contributed by atoms with Crippen molar-refractivity contribution in [3.8, 4) is 6.07 Å². The van der Waals surface area contributed by atoms with Crippen LogP contribution in [0.15, 0.2) is 41.3 Å². The Morgan fingerprint density at radius 1 is 1.12 bits per heavy atom. The number of benzene rings is 2. The van der Waals surface area contributed by atoms with E-state index in [1.54, 1.807) is 24.3 Å². The van der Waals surface area contributed by atoms with Crippen LogP contribution in [0.3, 0.4) is 0 Å². The Labute approximate surface area is 188 Å². The van der Waals surface area contributed by atoms with Gasteiger partial charge in [0.05, 0.1) is 33.5 Å². The maximum atomic E-state index is 13.5. The van der Waals surface area contributed by atoms with Crippen molar-refractivity contribution in [2.45, 2.75) is 43.9 Å². The van der Waals surface area contributed by atoms with E-state index in [-0.39, 0.29) is 16.4 Å². The number of carbonyl (C=O) groups is 1. The molecule has 4 rings (SSSR count). The topological polar surface area (TPSA) is 111 Å². The van der Waals surface area contributed by atoms with E-state index in [4.69, 9.17) is 0 Å². The maximum Gasteiger partial charge on any atom is 0.335 e. The molecule has 2 fully saturated rings. The van der Waals surface area contributed by atoms with Gasteiger partial charge in [0.15, 0.2) is 0 Å². The van der Waals surface area contributed by atoms with Crippen LogP contribution in [0, 0.1) is 23.2 Å². The molecule has 1 saturated carbocycles. The molecule has 0 spiro atoms. The summed E-state index contributed by atoms with van der Waals surface area (Å²) in [6.45, 7) is 5.95. The van der Waals surface area contributed by atoms with E-state index >= 15 is 0 Å². The second kappa shape index (κ2) is 8.47. The number of hydrogen-bond acceptors (Lipinski definition) is 5. The molecule has 0 aromatic heterocycles. The highest BCUT2D eigenvalue weighted by molar-refractivity contribution is 7.92. The second-order valence-corrected chi connectivity index (χ2v) is 10.8. The lowest BCUT2D eigenvalue weighted by molar-refractivity contribution is 0.0696. The predicted molar refractivity (Wildman–Crippen MR) is 122 cm³/mol. The minimum Gasteiger partial charge on any atom is -0.478 e. The first-order valence-corrected chi connectivity index (χ1v) is 12.4. The van der Waals surface area contributed by atoms with Crippen molar-refractivity contribution in [1.29, 1.82) is 5.26 Å². The van der Waals surface area contributed by atoms with Crippen LogP contribution in [-0.4, -0.2) is 32.6 Å². The summed E-state index contributed by atoms with van der Waals surface area (Å²) < 4.78 is 29.7. The molecule has 2 unspecified atom stereocenters. The third-order valence-electron chi connectivity index (χ3n) is 6.15. The number of nitrogens with zero attached hydrogens (tertiary/aromatic N) is 2.